The van der Waals surface area contributed by atoms with Crippen LogP contribution in [0.4, 0.5) is 5.82 Å². The van der Waals surface area contributed by atoms with E-state index in [1.807, 2.05) is 0 Å². The van der Waals surface area contributed by atoms with Crippen molar-refractivity contribution in [3.8, 4) is 0 Å². The average molecular weight is 324 g/mol. The fourth-order valence-electron chi connectivity index (χ4n) is 2.74. The third-order valence-electron chi connectivity index (χ3n) is 4.79. The lowest BCUT2D eigenvalue weighted by Crippen LogP contribution is -2.39. The maximum Gasteiger partial charge on any atom is 0.135 e. The monoisotopic (exact) mass is 323 g/mol. The Kier molecular flexibility index (Phi) is 3.54. The van der Waals surface area contributed by atoms with Gasteiger partial charge in [0.05, 0.1) is 0 Å². The van der Waals surface area contributed by atoms with Crippen molar-refractivity contribution in [1.82, 2.24) is 9.97 Å². The number of nitrogens with zero attached hydrogens (tertiary/aromatic N) is 3. The molecular weight excluding hydrogens is 302 g/mol. The van der Waals surface area contributed by atoms with Gasteiger partial charge < -0.3 is 4.90 Å². The molecule has 2 heterocycles. The molecule has 104 valence electrons. The van der Waals surface area contributed by atoms with Gasteiger partial charge in [0.1, 0.15) is 16.2 Å². The maximum atomic E-state index is 4.78. The maximum absolute atomic E-state index is 4.78. The molecule has 2 fully saturated rings. The molecule has 19 heavy (non-hydrogen) atoms. The zero-order valence-electron chi connectivity index (χ0n) is 11.8. The number of aromatic nitrogens is 2. The standard InChI is InChI=1S/C15H22BrN3/c1-3-15(2)6-8-19(9-7-15)13-10-12(16)17-14(18-13)11-4-5-11/h10-11H,3-9H2,1-2H3. The SMILES string of the molecule is CCC1(C)CCN(c2cc(Br)nc(C3CC3)n2)CC1. The molecule has 2 aliphatic rings. The third-order valence-corrected chi connectivity index (χ3v) is 5.20. The lowest BCUT2D eigenvalue weighted by atomic mass is 9.78. The van der Waals surface area contributed by atoms with Gasteiger partial charge in [-0.25, -0.2) is 9.97 Å². The lowest BCUT2D eigenvalue weighted by molar-refractivity contribution is 0.237. The minimum Gasteiger partial charge on any atom is -0.356 e. The molecule has 0 bridgehead atoms. The Bertz CT molecular complexity index is 462. The van der Waals surface area contributed by atoms with Crippen molar-refractivity contribution in [1.29, 1.82) is 0 Å². The summed E-state index contributed by atoms with van der Waals surface area (Å²) >= 11 is 3.53. The summed E-state index contributed by atoms with van der Waals surface area (Å²) in [7, 11) is 0. The first-order valence-corrected chi connectivity index (χ1v) is 8.18. The smallest absolute Gasteiger partial charge is 0.135 e. The molecule has 3 nitrogen and oxygen atoms in total. The molecule has 4 heteroatoms. The Hall–Kier alpha value is -0.640. The van der Waals surface area contributed by atoms with Crippen molar-refractivity contribution in [2.24, 2.45) is 5.41 Å². The van der Waals surface area contributed by atoms with E-state index in [9.17, 15) is 0 Å². The highest BCUT2D eigenvalue weighted by atomic mass is 79.9. The van der Waals surface area contributed by atoms with Gasteiger partial charge >= 0.3 is 0 Å². The molecule has 3 rings (SSSR count). The molecule has 0 N–H and O–H groups in total. The summed E-state index contributed by atoms with van der Waals surface area (Å²) in [6, 6.07) is 2.07. The van der Waals surface area contributed by atoms with Gasteiger partial charge in [-0.05, 0) is 47.0 Å². The first-order valence-electron chi connectivity index (χ1n) is 7.39. The van der Waals surface area contributed by atoms with E-state index in [-0.39, 0.29) is 0 Å². The summed E-state index contributed by atoms with van der Waals surface area (Å²) in [5.74, 6) is 2.76. The number of piperidine rings is 1. The topological polar surface area (TPSA) is 29.0 Å². The van der Waals surface area contributed by atoms with E-state index in [1.54, 1.807) is 0 Å². The molecule has 1 aromatic heterocycles. The zero-order valence-corrected chi connectivity index (χ0v) is 13.4. The largest absolute Gasteiger partial charge is 0.356 e. The Morgan fingerprint density at radius 2 is 2.00 bits per heavy atom. The van der Waals surface area contributed by atoms with Crippen LogP contribution in [0.5, 0.6) is 0 Å². The quantitative estimate of drug-likeness (QED) is 0.783. The predicted molar refractivity (Wildman–Crippen MR) is 81.6 cm³/mol. The highest BCUT2D eigenvalue weighted by molar-refractivity contribution is 9.10. The second-order valence-corrected chi connectivity index (χ2v) is 7.15. The van der Waals surface area contributed by atoms with Crippen LogP contribution in [0.15, 0.2) is 10.7 Å². The molecule has 1 aromatic rings. The molecule has 0 radical (unpaired) electrons. The van der Waals surface area contributed by atoms with Gasteiger partial charge in [-0.2, -0.15) is 0 Å². The highest BCUT2D eigenvalue weighted by Gasteiger charge is 2.31. The van der Waals surface area contributed by atoms with E-state index < -0.39 is 0 Å². The highest BCUT2D eigenvalue weighted by Crippen LogP contribution is 2.40. The molecule has 1 saturated carbocycles. The fraction of sp³-hybridized carbons (Fsp3) is 0.733. The fourth-order valence-corrected chi connectivity index (χ4v) is 3.12. The molecule has 1 saturated heterocycles. The molecule has 1 aliphatic heterocycles. The molecule has 0 atom stereocenters. The number of hydrogen-bond donors (Lipinski definition) is 0. The van der Waals surface area contributed by atoms with Crippen LogP contribution in [0.3, 0.4) is 0 Å². The van der Waals surface area contributed by atoms with Crippen LogP contribution in [-0.2, 0) is 0 Å². The number of hydrogen-bond acceptors (Lipinski definition) is 3. The third kappa shape index (κ3) is 2.93. The van der Waals surface area contributed by atoms with Crippen molar-refractivity contribution in [2.75, 3.05) is 18.0 Å². The molecule has 0 spiro atoms. The van der Waals surface area contributed by atoms with Crippen molar-refractivity contribution < 1.29 is 0 Å². The van der Waals surface area contributed by atoms with E-state index in [0.29, 0.717) is 11.3 Å². The van der Waals surface area contributed by atoms with E-state index in [1.165, 1.54) is 32.1 Å². The Morgan fingerprint density at radius 3 is 2.58 bits per heavy atom. The predicted octanol–water partition coefficient (Wildman–Crippen LogP) is 4.13. The Morgan fingerprint density at radius 1 is 1.32 bits per heavy atom. The molecular formula is C15H22BrN3. The number of rotatable bonds is 3. The van der Waals surface area contributed by atoms with Crippen LogP contribution < -0.4 is 4.90 Å². The van der Waals surface area contributed by atoms with Crippen LogP contribution in [0.1, 0.15) is 57.7 Å². The van der Waals surface area contributed by atoms with E-state index >= 15 is 0 Å². The minimum absolute atomic E-state index is 0.528. The van der Waals surface area contributed by atoms with Crippen molar-refractivity contribution >= 4 is 21.7 Å². The second-order valence-electron chi connectivity index (χ2n) is 6.33. The van der Waals surface area contributed by atoms with E-state index in [2.05, 4.69) is 45.7 Å². The summed E-state index contributed by atoms with van der Waals surface area (Å²) in [6.07, 6.45) is 6.32. The van der Waals surface area contributed by atoms with Crippen LogP contribution in [0.25, 0.3) is 0 Å². The van der Waals surface area contributed by atoms with Gasteiger partial charge in [-0.3, -0.25) is 0 Å². The van der Waals surface area contributed by atoms with Crippen LogP contribution in [-0.4, -0.2) is 23.1 Å². The average Bonchev–Trinajstić information content (AvgIpc) is 3.23. The first-order chi connectivity index (χ1) is 9.09. The Balaban J connectivity index is 1.76. The van der Waals surface area contributed by atoms with Crippen molar-refractivity contribution in [3.63, 3.8) is 0 Å². The van der Waals surface area contributed by atoms with Crippen LogP contribution in [0, 0.1) is 5.41 Å². The van der Waals surface area contributed by atoms with Crippen LogP contribution >= 0.6 is 15.9 Å². The molecule has 0 unspecified atom stereocenters. The van der Waals surface area contributed by atoms with E-state index in [0.717, 1.165) is 29.3 Å². The summed E-state index contributed by atoms with van der Waals surface area (Å²) in [5, 5.41) is 0. The minimum atomic E-state index is 0.528. The van der Waals surface area contributed by atoms with Gasteiger partial charge in [-0.1, -0.05) is 20.3 Å². The summed E-state index contributed by atoms with van der Waals surface area (Å²) < 4.78 is 0.934. The Labute approximate surface area is 124 Å². The second kappa shape index (κ2) is 5.04. The van der Waals surface area contributed by atoms with Gasteiger partial charge in [0, 0.05) is 25.1 Å². The van der Waals surface area contributed by atoms with Gasteiger partial charge in [0.2, 0.25) is 0 Å². The summed E-state index contributed by atoms with van der Waals surface area (Å²) in [5.41, 5.74) is 0.528. The summed E-state index contributed by atoms with van der Waals surface area (Å²) in [6.45, 7) is 6.97. The van der Waals surface area contributed by atoms with Crippen molar-refractivity contribution in [3.05, 3.63) is 16.5 Å². The normalized spacial score (nSPS) is 22.6. The number of anilines is 1. The van der Waals surface area contributed by atoms with Crippen LogP contribution in [0.2, 0.25) is 0 Å². The van der Waals surface area contributed by atoms with Gasteiger partial charge in [0.25, 0.3) is 0 Å². The number of halogens is 1. The molecule has 1 aliphatic carbocycles. The molecule has 0 aromatic carbocycles. The molecule has 0 amide bonds. The van der Waals surface area contributed by atoms with Gasteiger partial charge in [0.15, 0.2) is 0 Å². The van der Waals surface area contributed by atoms with Gasteiger partial charge in [-0.15, -0.1) is 0 Å². The van der Waals surface area contributed by atoms with E-state index in [4.69, 9.17) is 4.98 Å². The van der Waals surface area contributed by atoms with Crippen molar-refractivity contribution in [2.45, 2.75) is 51.9 Å². The first kappa shape index (κ1) is 13.3. The summed E-state index contributed by atoms with van der Waals surface area (Å²) in [4.78, 5) is 11.7. The lowest BCUT2D eigenvalue weighted by Gasteiger charge is -2.39. The zero-order chi connectivity index (χ0) is 13.5.